The van der Waals surface area contributed by atoms with Gasteiger partial charge in [0, 0.05) is 24.5 Å². The molecule has 158 valence electrons. The van der Waals surface area contributed by atoms with E-state index in [2.05, 4.69) is 4.72 Å². The summed E-state index contributed by atoms with van der Waals surface area (Å²) in [6.45, 7) is 3.02. The number of rotatable bonds is 9. The summed E-state index contributed by atoms with van der Waals surface area (Å²) in [5, 5.41) is 2.17. The van der Waals surface area contributed by atoms with Crippen LogP contribution in [0.1, 0.15) is 12.5 Å². The van der Waals surface area contributed by atoms with E-state index in [1.54, 1.807) is 24.0 Å². The first-order chi connectivity index (χ1) is 14.3. The minimum Gasteiger partial charge on any atom is -0.491 e. The van der Waals surface area contributed by atoms with Gasteiger partial charge in [-0.15, -0.1) is 0 Å². The number of hydrogen-bond acceptors (Lipinski definition) is 4. The molecule has 3 aromatic carbocycles. The SMILES string of the molecule is CC(=O)N(CCOc1cccc2ccccc12)CCc1ccc(NS(C)(=O)=O)cc1. The molecule has 0 aliphatic rings. The second-order valence-electron chi connectivity index (χ2n) is 7.15. The number of nitrogens with zero attached hydrogens (tertiary/aromatic N) is 1. The van der Waals surface area contributed by atoms with Crippen molar-refractivity contribution < 1.29 is 17.9 Å². The van der Waals surface area contributed by atoms with Crippen LogP contribution in [0.15, 0.2) is 66.7 Å². The van der Waals surface area contributed by atoms with Crippen molar-refractivity contribution in [3.8, 4) is 5.75 Å². The molecule has 3 aromatic rings. The maximum Gasteiger partial charge on any atom is 0.229 e. The van der Waals surface area contributed by atoms with Crippen LogP contribution in [0, 0.1) is 0 Å². The van der Waals surface area contributed by atoms with Gasteiger partial charge in [0.2, 0.25) is 15.9 Å². The molecule has 1 amide bonds. The highest BCUT2D eigenvalue weighted by Gasteiger charge is 2.10. The lowest BCUT2D eigenvalue weighted by atomic mass is 10.1. The van der Waals surface area contributed by atoms with Gasteiger partial charge in [-0.1, -0.05) is 48.5 Å². The molecular formula is C23H26N2O4S. The Labute approximate surface area is 177 Å². The maximum atomic E-state index is 12.0. The summed E-state index contributed by atoms with van der Waals surface area (Å²) >= 11 is 0. The van der Waals surface area contributed by atoms with Crippen LogP contribution < -0.4 is 9.46 Å². The molecular weight excluding hydrogens is 400 g/mol. The largest absolute Gasteiger partial charge is 0.491 e. The first-order valence-corrected chi connectivity index (χ1v) is 11.6. The van der Waals surface area contributed by atoms with E-state index in [0.29, 0.717) is 31.8 Å². The molecule has 0 fully saturated rings. The molecule has 0 bridgehead atoms. The fourth-order valence-corrected chi connectivity index (χ4v) is 3.80. The van der Waals surface area contributed by atoms with Crippen LogP contribution in [0.2, 0.25) is 0 Å². The van der Waals surface area contributed by atoms with E-state index in [1.807, 2.05) is 54.6 Å². The minimum atomic E-state index is -3.29. The number of benzene rings is 3. The number of fused-ring (bicyclic) bond motifs is 1. The average Bonchev–Trinajstić information content (AvgIpc) is 2.70. The van der Waals surface area contributed by atoms with E-state index in [0.717, 1.165) is 28.3 Å². The van der Waals surface area contributed by atoms with Gasteiger partial charge in [0.05, 0.1) is 12.8 Å². The van der Waals surface area contributed by atoms with E-state index >= 15 is 0 Å². The Morgan fingerprint density at radius 1 is 0.967 bits per heavy atom. The van der Waals surface area contributed by atoms with E-state index in [9.17, 15) is 13.2 Å². The smallest absolute Gasteiger partial charge is 0.229 e. The zero-order valence-electron chi connectivity index (χ0n) is 17.2. The highest BCUT2D eigenvalue weighted by Crippen LogP contribution is 2.25. The van der Waals surface area contributed by atoms with Crippen molar-refractivity contribution in [2.75, 3.05) is 30.7 Å². The molecule has 0 spiro atoms. The first kappa shape index (κ1) is 21.6. The second-order valence-corrected chi connectivity index (χ2v) is 8.90. The number of sulfonamides is 1. The standard InChI is InChI=1S/C23H26N2O4S/c1-18(26)25(15-14-19-10-12-21(13-11-19)24-30(2,27)28)16-17-29-23-9-5-7-20-6-3-4-8-22(20)23/h3-13,24H,14-17H2,1-2H3. The van der Waals surface area contributed by atoms with Crippen molar-refractivity contribution >= 4 is 32.4 Å². The predicted octanol–water partition coefficient (Wildman–Crippen LogP) is 3.68. The summed E-state index contributed by atoms with van der Waals surface area (Å²) in [7, 11) is -3.29. The third-order valence-corrected chi connectivity index (χ3v) is 5.35. The van der Waals surface area contributed by atoms with Gasteiger partial charge in [0.25, 0.3) is 0 Å². The van der Waals surface area contributed by atoms with E-state index in [4.69, 9.17) is 4.74 Å². The van der Waals surface area contributed by atoms with Crippen LogP contribution in [-0.4, -0.2) is 45.2 Å². The Hall–Kier alpha value is -3.06. The Balaban J connectivity index is 1.54. The van der Waals surface area contributed by atoms with Crippen LogP contribution in [0.3, 0.4) is 0 Å². The molecule has 0 atom stereocenters. The van der Waals surface area contributed by atoms with Gasteiger partial charge < -0.3 is 9.64 Å². The Morgan fingerprint density at radius 2 is 1.67 bits per heavy atom. The fourth-order valence-electron chi connectivity index (χ4n) is 3.23. The third-order valence-electron chi connectivity index (χ3n) is 4.74. The molecule has 30 heavy (non-hydrogen) atoms. The van der Waals surface area contributed by atoms with Crippen molar-refractivity contribution in [2.45, 2.75) is 13.3 Å². The van der Waals surface area contributed by atoms with Gasteiger partial charge in [-0.2, -0.15) is 0 Å². The Bertz CT molecular complexity index is 1110. The molecule has 1 N–H and O–H groups in total. The molecule has 0 aliphatic heterocycles. The first-order valence-electron chi connectivity index (χ1n) is 9.74. The highest BCUT2D eigenvalue weighted by atomic mass is 32.2. The van der Waals surface area contributed by atoms with Crippen LogP contribution in [0.25, 0.3) is 10.8 Å². The minimum absolute atomic E-state index is 0.00752. The molecule has 0 unspecified atom stereocenters. The molecule has 0 aliphatic carbocycles. The normalized spacial score (nSPS) is 11.3. The molecule has 0 heterocycles. The lowest BCUT2D eigenvalue weighted by molar-refractivity contribution is -0.129. The molecule has 6 nitrogen and oxygen atoms in total. The highest BCUT2D eigenvalue weighted by molar-refractivity contribution is 7.92. The fraction of sp³-hybridized carbons (Fsp3) is 0.261. The number of carbonyl (C=O) groups excluding carboxylic acids is 1. The van der Waals surface area contributed by atoms with Crippen molar-refractivity contribution in [2.24, 2.45) is 0 Å². The monoisotopic (exact) mass is 426 g/mol. The number of carbonyl (C=O) groups is 1. The van der Waals surface area contributed by atoms with Crippen molar-refractivity contribution in [1.82, 2.24) is 4.90 Å². The summed E-state index contributed by atoms with van der Waals surface area (Å²) in [6.07, 6.45) is 1.79. The number of hydrogen-bond donors (Lipinski definition) is 1. The number of nitrogens with one attached hydrogen (secondary N) is 1. The van der Waals surface area contributed by atoms with E-state index in [-0.39, 0.29) is 5.91 Å². The van der Waals surface area contributed by atoms with E-state index in [1.165, 1.54) is 0 Å². The van der Waals surface area contributed by atoms with Crippen molar-refractivity contribution in [3.05, 3.63) is 72.3 Å². The summed E-state index contributed by atoms with van der Waals surface area (Å²) in [4.78, 5) is 13.8. The van der Waals surface area contributed by atoms with Crippen molar-refractivity contribution in [1.29, 1.82) is 0 Å². The lowest BCUT2D eigenvalue weighted by Crippen LogP contribution is -2.34. The zero-order chi connectivity index (χ0) is 21.6. The molecule has 0 radical (unpaired) electrons. The van der Waals surface area contributed by atoms with E-state index < -0.39 is 10.0 Å². The summed E-state index contributed by atoms with van der Waals surface area (Å²) in [5.41, 5.74) is 1.54. The van der Waals surface area contributed by atoms with Crippen LogP contribution in [0.5, 0.6) is 5.75 Å². The number of amides is 1. The summed E-state index contributed by atoms with van der Waals surface area (Å²) < 4.78 is 31.0. The maximum absolute atomic E-state index is 12.0. The van der Waals surface area contributed by atoms with Gasteiger partial charge in [-0.3, -0.25) is 9.52 Å². The van der Waals surface area contributed by atoms with Gasteiger partial charge >= 0.3 is 0 Å². The number of ether oxygens (including phenoxy) is 1. The molecule has 0 saturated carbocycles. The molecule has 7 heteroatoms. The van der Waals surface area contributed by atoms with Crippen LogP contribution in [0.4, 0.5) is 5.69 Å². The van der Waals surface area contributed by atoms with Gasteiger partial charge in [-0.05, 0) is 35.6 Å². The molecule has 0 aromatic heterocycles. The van der Waals surface area contributed by atoms with Crippen molar-refractivity contribution in [3.63, 3.8) is 0 Å². The molecule has 3 rings (SSSR count). The zero-order valence-corrected chi connectivity index (χ0v) is 18.0. The summed E-state index contributed by atoms with van der Waals surface area (Å²) in [6, 6.07) is 21.1. The van der Waals surface area contributed by atoms with Gasteiger partial charge in [0.15, 0.2) is 0 Å². The predicted molar refractivity (Wildman–Crippen MR) is 120 cm³/mol. The second kappa shape index (κ2) is 9.63. The average molecular weight is 427 g/mol. The molecule has 0 saturated heterocycles. The van der Waals surface area contributed by atoms with Crippen LogP contribution >= 0.6 is 0 Å². The summed E-state index contributed by atoms with van der Waals surface area (Å²) in [5.74, 6) is 0.803. The topological polar surface area (TPSA) is 75.7 Å². The Morgan fingerprint density at radius 3 is 2.37 bits per heavy atom. The van der Waals surface area contributed by atoms with Gasteiger partial charge in [0.1, 0.15) is 12.4 Å². The number of anilines is 1. The van der Waals surface area contributed by atoms with Gasteiger partial charge in [-0.25, -0.2) is 8.42 Å². The quantitative estimate of drug-likeness (QED) is 0.566. The van der Waals surface area contributed by atoms with Crippen LogP contribution in [-0.2, 0) is 21.2 Å². The third kappa shape index (κ3) is 6.22. The lowest BCUT2D eigenvalue weighted by Gasteiger charge is -2.21. The Kier molecular flexibility index (Phi) is 6.95.